The zero-order valence-corrected chi connectivity index (χ0v) is 19.1. The monoisotopic (exact) mass is 444 g/mol. The molecule has 0 amide bonds. The minimum atomic E-state index is -0.0189. The predicted octanol–water partition coefficient (Wildman–Crippen LogP) is 4.44. The van der Waals surface area contributed by atoms with Gasteiger partial charge in [0.2, 0.25) is 5.82 Å². The van der Waals surface area contributed by atoms with Crippen LogP contribution in [0.5, 0.6) is 5.75 Å². The van der Waals surface area contributed by atoms with E-state index in [0.717, 1.165) is 50.7 Å². The summed E-state index contributed by atoms with van der Waals surface area (Å²) in [7, 11) is 0. The number of nitriles is 1. The highest BCUT2D eigenvalue weighted by Crippen LogP contribution is 2.29. The number of fused-ring (bicyclic) bond motifs is 1. The highest BCUT2D eigenvalue weighted by molar-refractivity contribution is 5.64. The number of carbonyl (C=O) groups excluding carboxylic acids is 1. The van der Waals surface area contributed by atoms with Gasteiger partial charge >= 0.3 is 0 Å². The van der Waals surface area contributed by atoms with Crippen molar-refractivity contribution in [3.8, 4) is 34.7 Å². The van der Waals surface area contributed by atoms with Gasteiger partial charge < -0.3 is 19.0 Å². The largest absolute Gasteiger partial charge is 0.490 e. The summed E-state index contributed by atoms with van der Waals surface area (Å²) in [6, 6.07) is 13.8. The fourth-order valence-corrected chi connectivity index (χ4v) is 4.10. The molecule has 0 saturated carbocycles. The number of aldehydes is 1. The second-order valence-corrected chi connectivity index (χ2v) is 8.55. The molecule has 0 N–H and O–H groups in total. The van der Waals surface area contributed by atoms with Crippen molar-refractivity contribution in [3.63, 3.8) is 0 Å². The van der Waals surface area contributed by atoms with E-state index in [1.165, 1.54) is 11.1 Å². The van der Waals surface area contributed by atoms with Crippen molar-refractivity contribution in [2.24, 2.45) is 0 Å². The molecule has 2 aromatic carbocycles. The predicted molar refractivity (Wildman–Crippen MR) is 125 cm³/mol. The van der Waals surface area contributed by atoms with Crippen molar-refractivity contribution < 1.29 is 14.1 Å². The van der Waals surface area contributed by atoms with Crippen LogP contribution in [0.25, 0.3) is 22.8 Å². The number of hydrogen-bond donors (Lipinski definition) is 0. The van der Waals surface area contributed by atoms with Crippen molar-refractivity contribution in [1.82, 2.24) is 15.0 Å². The first-order valence-corrected chi connectivity index (χ1v) is 11.4. The van der Waals surface area contributed by atoms with E-state index in [4.69, 9.17) is 9.26 Å². The fourth-order valence-electron chi connectivity index (χ4n) is 4.10. The molecule has 7 nitrogen and oxygen atoms in total. The first-order chi connectivity index (χ1) is 16.1. The van der Waals surface area contributed by atoms with Crippen LogP contribution in [0.2, 0.25) is 0 Å². The Morgan fingerprint density at radius 3 is 2.70 bits per heavy atom. The summed E-state index contributed by atoms with van der Waals surface area (Å²) in [5.41, 5.74) is 4.68. The van der Waals surface area contributed by atoms with E-state index in [2.05, 4.69) is 33.2 Å². The quantitative estimate of drug-likeness (QED) is 0.374. The van der Waals surface area contributed by atoms with Crippen molar-refractivity contribution in [2.45, 2.75) is 45.6 Å². The third-order valence-corrected chi connectivity index (χ3v) is 5.79. The molecule has 0 fully saturated rings. The van der Waals surface area contributed by atoms with Gasteiger partial charge in [0.05, 0.1) is 11.7 Å². The van der Waals surface area contributed by atoms with E-state index in [-0.39, 0.29) is 6.10 Å². The number of nitrogens with zero attached hydrogens (tertiary/aromatic N) is 4. The molecule has 0 aliphatic carbocycles. The molecular formula is C26H28N4O3. The average molecular weight is 445 g/mol. The van der Waals surface area contributed by atoms with Gasteiger partial charge in [-0.15, -0.1) is 0 Å². The Hall–Kier alpha value is -3.50. The van der Waals surface area contributed by atoms with Gasteiger partial charge in [0, 0.05) is 30.6 Å². The van der Waals surface area contributed by atoms with Gasteiger partial charge in [-0.2, -0.15) is 10.2 Å². The normalized spacial score (nSPS) is 13.9. The standard InChI is InChI=1S/C26H28N4O3/c1-18(2)32-24-8-7-22(16-23(24)17-27)26-28-25(29-33-26)21-6-5-19-9-12-30(11-3-4-14-31)13-10-20(19)15-21/h5-8,14-16,18H,3-4,9-13H2,1-2H3. The lowest BCUT2D eigenvalue weighted by molar-refractivity contribution is -0.108. The molecule has 0 bridgehead atoms. The zero-order valence-electron chi connectivity index (χ0n) is 19.1. The molecule has 170 valence electrons. The summed E-state index contributed by atoms with van der Waals surface area (Å²) in [5, 5.41) is 13.7. The average Bonchev–Trinajstić information content (AvgIpc) is 3.22. The Morgan fingerprint density at radius 2 is 1.94 bits per heavy atom. The van der Waals surface area contributed by atoms with E-state index in [1.54, 1.807) is 12.1 Å². The Kier molecular flexibility index (Phi) is 7.16. The van der Waals surface area contributed by atoms with Crippen LogP contribution in [0.15, 0.2) is 40.9 Å². The van der Waals surface area contributed by atoms with Crippen LogP contribution in [0.1, 0.15) is 43.4 Å². The maximum absolute atomic E-state index is 10.6. The maximum Gasteiger partial charge on any atom is 0.258 e. The van der Waals surface area contributed by atoms with E-state index in [9.17, 15) is 10.1 Å². The number of benzene rings is 2. The lowest BCUT2D eigenvalue weighted by Crippen LogP contribution is -2.27. The van der Waals surface area contributed by atoms with Gasteiger partial charge in [-0.25, -0.2) is 0 Å². The van der Waals surface area contributed by atoms with Crippen LogP contribution >= 0.6 is 0 Å². The maximum atomic E-state index is 10.6. The van der Waals surface area contributed by atoms with E-state index < -0.39 is 0 Å². The number of hydrogen-bond acceptors (Lipinski definition) is 7. The minimum absolute atomic E-state index is 0.0189. The lowest BCUT2D eigenvalue weighted by atomic mass is 10.00. The molecule has 1 aliphatic heterocycles. The van der Waals surface area contributed by atoms with Crippen LogP contribution < -0.4 is 4.74 Å². The molecule has 2 heterocycles. The molecule has 0 radical (unpaired) electrons. The third kappa shape index (κ3) is 5.47. The highest BCUT2D eigenvalue weighted by Gasteiger charge is 2.17. The SMILES string of the molecule is CC(C)Oc1ccc(-c2nc(-c3ccc4c(c3)CCN(CCCC=O)CC4)no2)cc1C#N. The molecule has 4 rings (SSSR count). The van der Waals surface area contributed by atoms with Crippen LogP contribution in [0, 0.1) is 11.3 Å². The van der Waals surface area contributed by atoms with Crippen LogP contribution in [-0.4, -0.2) is 47.1 Å². The van der Waals surface area contributed by atoms with Gasteiger partial charge in [-0.1, -0.05) is 17.3 Å². The molecule has 1 aliphatic rings. The molecule has 1 aromatic heterocycles. The summed E-state index contributed by atoms with van der Waals surface area (Å²) in [6.07, 6.45) is 4.46. The van der Waals surface area contributed by atoms with Crippen molar-refractivity contribution >= 4 is 6.29 Å². The second-order valence-electron chi connectivity index (χ2n) is 8.55. The van der Waals surface area contributed by atoms with Gasteiger partial charge in [-0.3, -0.25) is 0 Å². The summed E-state index contributed by atoms with van der Waals surface area (Å²) in [5.74, 6) is 1.44. The zero-order chi connectivity index (χ0) is 23.2. The lowest BCUT2D eigenvalue weighted by Gasteiger charge is -2.18. The summed E-state index contributed by atoms with van der Waals surface area (Å²) in [6.45, 7) is 6.79. The first-order valence-electron chi connectivity index (χ1n) is 11.4. The van der Waals surface area contributed by atoms with Crippen molar-refractivity contribution in [3.05, 3.63) is 53.1 Å². The number of rotatable bonds is 8. The van der Waals surface area contributed by atoms with Crippen molar-refractivity contribution in [1.29, 1.82) is 5.26 Å². The van der Waals surface area contributed by atoms with Crippen LogP contribution in [0.3, 0.4) is 0 Å². The summed E-state index contributed by atoms with van der Waals surface area (Å²) >= 11 is 0. The summed E-state index contributed by atoms with van der Waals surface area (Å²) < 4.78 is 11.2. The fraction of sp³-hybridized carbons (Fsp3) is 0.385. The first kappa shape index (κ1) is 22.7. The van der Waals surface area contributed by atoms with Crippen LogP contribution in [-0.2, 0) is 17.6 Å². The van der Waals surface area contributed by atoms with E-state index in [0.29, 0.717) is 35.0 Å². The number of ether oxygens (including phenoxy) is 1. The number of aromatic nitrogens is 2. The molecule has 0 saturated heterocycles. The molecule has 0 atom stereocenters. The molecule has 33 heavy (non-hydrogen) atoms. The molecule has 7 heteroatoms. The van der Waals surface area contributed by atoms with Gasteiger partial charge in [-0.05, 0) is 75.0 Å². The molecular weight excluding hydrogens is 416 g/mol. The Balaban J connectivity index is 1.51. The summed E-state index contributed by atoms with van der Waals surface area (Å²) in [4.78, 5) is 17.6. The highest BCUT2D eigenvalue weighted by atomic mass is 16.5. The second kappa shape index (κ2) is 10.4. The van der Waals surface area contributed by atoms with E-state index in [1.807, 2.05) is 26.0 Å². The Bertz CT molecular complexity index is 1160. The smallest absolute Gasteiger partial charge is 0.258 e. The molecule has 0 spiro atoms. The van der Waals surface area contributed by atoms with E-state index >= 15 is 0 Å². The van der Waals surface area contributed by atoms with Gasteiger partial charge in [0.25, 0.3) is 5.89 Å². The van der Waals surface area contributed by atoms with Crippen molar-refractivity contribution in [2.75, 3.05) is 19.6 Å². The molecule has 3 aromatic rings. The Labute approximate surface area is 194 Å². The van der Waals surface area contributed by atoms with Crippen LogP contribution in [0.4, 0.5) is 0 Å². The van der Waals surface area contributed by atoms with Gasteiger partial charge in [0.15, 0.2) is 0 Å². The minimum Gasteiger partial charge on any atom is -0.490 e. The van der Waals surface area contributed by atoms with Gasteiger partial charge in [0.1, 0.15) is 18.1 Å². The third-order valence-electron chi connectivity index (χ3n) is 5.79. The number of unbranched alkanes of at least 4 members (excludes halogenated alkanes) is 1. The Morgan fingerprint density at radius 1 is 1.15 bits per heavy atom. The number of carbonyl (C=O) groups is 1. The molecule has 0 unspecified atom stereocenters. The topological polar surface area (TPSA) is 92.2 Å².